The average Bonchev–Trinajstić information content (AvgIpc) is 2.84. The Morgan fingerprint density at radius 3 is 2.23 bits per heavy atom. The first kappa shape index (κ1) is 21.1. The van der Waals surface area contributed by atoms with Crippen LogP contribution in [0.1, 0.15) is 43.4 Å². The third-order valence-corrected chi connectivity index (χ3v) is 6.33. The molecule has 3 aromatic rings. The smallest absolute Gasteiger partial charge is 0.242 e. The molecule has 1 saturated carbocycles. The zero-order chi connectivity index (χ0) is 21.4. The van der Waals surface area contributed by atoms with Gasteiger partial charge in [0.15, 0.2) is 0 Å². The monoisotopic (exact) mass is 413 g/mol. The topological polar surface area (TPSA) is 54.0 Å². The zero-order valence-electron chi connectivity index (χ0n) is 18.0. The number of rotatable bonds is 8. The molecule has 1 amide bonds. The standard InChI is InChI=1S/C27H31N3O/c31-26(29-21-27(17-9-3-10-18-27)25-16-8-11-19-28-25)24(20-22-12-4-1-5-13-22)30-23-14-6-2-7-15-23/h1-2,4-8,11-16,19,24,30H,3,9-10,17-18,20-21H2,(H,29,31). The molecule has 1 unspecified atom stereocenters. The van der Waals surface area contributed by atoms with Crippen molar-refractivity contribution in [3.05, 3.63) is 96.3 Å². The fourth-order valence-corrected chi connectivity index (χ4v) is 4.60. The van der Waals surface area contributed by atoms with Crippen LogP contribution >= 0.6 is 0 Å². The molecule has 1 heterocycles. The summed E-state index contributed by atoms with van der Waals surface area (Å²) in [5.74, 6) is 0.0357. The Hall–Kier alpha value is -3.14. The molecule has 0 radical (unpaired) electrons. The molecule has 1 atom stereocenters. The number of carbonyl (C=O) groups is 1. The molecule has 4 heteroatoms. The van der Waals surface area contributed by atoms with E-state index < -0.39 is 0 Å². The fraction of sp³-hybridized carbons (Fsp3) is 0.333. The Morgan fingerprint density at radius 1 is 0.871 bits per heavy atom. The van der Waals surface area contributed by atoms with Crippen molar-refractivity contribution in [1.82, 2.24) is 10.3 Å². The molecular weight excluding hydrogens is 382 g/mol. The van der Waals surface area contributed by atoms with Gasteiger partial charge in [-0.3, -0.25) is 9.78 Å². The van der Waals surface area contributed by atoms with Gasteiger partial charge in [-0.15, -0.1) is 0 Å². The van der Waals surface area contributed by atoms with E-state index in [9.17, 15) is 4.79 Å². The van der Waals surface area contributed by atoms with Crippen LogP contribution in [0.4, 0.5) is 5.69 Å². The van der Waals surface area contributed by atoms with Crippen LogP contribution in [0.25, 0.3) is 0 Å². The Kier molecular flexibility index (Phi) is 6.98. The summed E-state index contributed by atoms with van der Waals surface area (Å²) in [6.45, 7) is 0.630. The van der Waals surface area contributed by atoms with Crippen LogP contribution in [0.15, 0.2) is 85.1 Å². The molecule has 0 bridgehead atoms. The lowest BCUT2D eigenvalue weighted by Gasteiger charge is -2.37. The molecule has 1 aromatic heterocycles. The second-order valence-electron chi connectivity index (χ2n) is 8.53. The number of hydrogen-bond donors (Lipinski definition) is 2. The van der Waals surface area contributed by atoms with Gasteiger partial charge in [-0.1, -0.05) is 73.9 Å². The van der Waals surface area contributed by atoms with E-state index in [-0.39, 0.29) is 17.4 Å². The minimum atomic E-state index is -0.339. The van der Waals surface area contributed by atoms with Crippen molar-refractivity contribution in [3.63, 3.8) is 0 Å². The molecule has 1 fully saturated rings. The van der Waals surface area contributed by atoms with E-state index in [4.69, 9.17) is 0 Å². The van der Waals surface area contributed by atoms with Gasteiger partial charge in [-0.2, -0.15) is 0 Å². The van der Waals surface area contributed by atoms with Gasteiger partial charge in [-0.25, -0.2) is 0 Å². The van der Waals surface area contributed by atoms with E-state index in [0.29, 0.717) is 13.0 Å². The van der Waals surface area contributed by atoms with E-state index >= 15 is 0 Å². The summed E-state index contributed by atoms with van der Waals surface area (Å²) in [5.41, 5.74) is 3.13. The summed E-state index contributed by atoms with van der Waals surface area (Å²) in [6.07, 6.45) is 8.26. The SMILES string of the molecule is O=C(NCC1(c2ccccn2)CCCCC1)C(Cc1ccccc1)Nc1ccccc1. The van der Waals surface area contributed by atoms with Gasteiger partial charge in [-0.05, 0) is 42.7 Å². The first-order valence-corrected chi connectivity index (χ1v) is 11.3. The van der Waals surface area contributed by atoms with Crippen molar-refractivity contribution >= 4 is 11.6 Å². The van der Waals surface area contributed by atoms with Crippen molar-refractivity contribution < 1.29 is 4.79 Å². The molecule has 2 N–H and O–H groups in total. The number of nitrogens with one attached hydrogen (secondary N) is 2. The molecule has 2 aromatic carbocycles. The van der Waals surface area contributed by atoms with E-state index in [1.807, 2.05) is 60.8 Å². The Balaban J connectivity index is 1.50. The molecule has 31 heavy (non-hydrogen) atoms. The highest BCUT2D eigenvalue weighted by Crippen LogP contribution is 2.38. The van der Waals surface area contributed by atoms with Crippen molar-refractivity contribution in [2.24, 2.45) is 0 Å². The maximum Gasteiger partial charge on any atom is 0.242 e. The number of hydrogen-bond acceptors (Lipinski definition) is 3. The highest BCUT2D eigenvalue weighted by molar-refractivity contribution is 5.85. The van der Waals surface area contributed by atoms with E-state index in [2.05, 4.69) is 39.9 Å². The van der Waals surface area contributed by atoms with Gasteiger partial charge >= 0.3 is 0 Å². The quantitative estimate of drug-likeness (QED) is 0.539. The van der Waals surface area contributed by atoms with Gasteiger partial charge in [0.05, 0.1) is 0 Å². The van der Waals surface area contributed by atoms with Gasteiger partial charge in [0.25, 0.3) is 0 Å². The molecule has 4 nitrogen and oxygen atoms in total. The lowest BCUT2D eigenvalue weighted by atomic mass is 9.71. The molecule has 4 rings (SSSR count). The van der Waals surface area contributed by atoms with E-state index in [1.54, 1.807) is 0 Å². The van der Waals surface area contributed by atoms with Crippen molar-refractivity contribution in [3.8, 4) is 0 Å². The average molecular weight is 414 g/mol. The van der Waals surface area contributed by atoms with Crippen molar-refractivity contribution in [2.45, 2.75) is 50.0 Å². The normalized spacial score (nSPS) is 16.3. The lowest BCUT2D eigenvalue weighted by Crippen LogP contribution is -2.48. The van der Waals surface area contributed by atoms with Crippen LogP contribution in [0.5, 0.6) is 0 Å². The summed E-state index contributed by atoms with van der Waals surface area (Å²) in [4.78, 5) is 18.0. The Morgan fingerprint density at radius 2 is 1.55 bits per heavy atom. The second-order valence-corrected chi connectivity index (χ2v) is 8.53. The number of para-hydroxylation sites is 1. The number of anilines is 1. The molecule has 160 valence electrons. The molecule has 1 aliphatic rings. The van der Waals surface area contributed by atoms with E-state index in [1.165, 1.54) is 19.3 Å². The second kappa shape index (κ2) is 10.3. The number of aromatic nitrogens is 1. The maximum atomic E-state index is 13.4. The van der Waals surface area contributed by atoms with Gasteiger partial charge in [0.1, 0.15) is 6.04 Å². The lowest BCUT2D eigenvalue weighted by molar-refractivity contribution is -0.122. The van der Waals surface area contributed by atoms with Crippen molar-refractivity contribution in [1.29, 1.82) is 0 Å². The summed E-state index contributed by atoms with van der Waals surface area (Å²) < 4.78 is 0. The summed E-state index contributed by atoms with van der Waals surface area (Å²) in [5, 5.41) is 6.73. The van der Waals surface area contributed by atoms with Crippen LogP contribution in [0.3, 0.4) is 0 Å². The molecular formula is C27H31N3O. The summed E-state index contributed by atoms with van der Waals surface area (Å²) in [6, 6.07) is 25.9. The number of pyridine rings is 1. The van der Waals surface area contributed by atoms with Crippen LogP contribution < -0.4 is 10.6 Å². The third-order valence-electron chi connectivity index (χ3n) is 6.33. The molecule has 0 saturated heterocycles. The van der Waals surface area contributed by atoms with Gasteiger partial charge in [0, 0.05) is 36.0 Å². The first-order valence-electron chi connectivity index (χ1n) is 11.3. The largest absolute Gasteiger partial charge is 0.373 e. The molecule has 1 aliphatic carbocycles. The molecule has 0 aliphatic heterocycles. The predicted molar refractivity (Wildman–Crippen MR) is 126 cm³/mol. The minimum absolute atomic E-state index is 0.0357. The zero-order valence-corrected chi connectivity index (χ0v) is 18.0. The van der Waals surface area contributed by atoms with Crippen LogP contribution in [0, 0.1) is 0 Å². The Bertz CT molecular complexity index is 896. The first-order chi connectivity index (χ1) is 15.3. The third kappa shape index (κ3) is 5.52. The van der Waals surface area contributed by atoms with Crippen molar-refractivity contribution in [2.75, 3.05) is 11.9 Å². The maximum absolute atomic E-state index is 13.4. The van der Waals surface area contributed by atoms with E-state index in [0.717, 1.165) is 29.8 Å². The molecule has 0 spiro atoms. The van der Waals surface area contributed by atoms with Crippen LogP contribution in [-0.2, 0) is 16.6 Å². The number of nitrogens with zero attached hydrogens (tertiary/aromatic N) is 1. The fourth-order valence-electron chi connectivity index (χ4n) is 4.60. The predicted octanol–water partition coefficient (Wildman–Crippen LogP) is 5.12. The minimum Gasteiger partial charge on any atom is -0.373 e. The highest BCUT2D eigenvalue weighted by Gasteiger charge is 2.36. The Labute approximate surface area is 185 Å². The number of benzene rings is 2. The van der Waals surface area contributed by atoms with Crippen LogP contribution in [0.2, 0.25) is 0 Å². The number of carbonyl (C=O) groups excluding carboxylic acids is 1. The number of amides is 1. The van der Waals surface area contributed by atoms with Crippen LogP contribution in [-0.4, -0.2) is 23.5 Å². The summed E-state index contributed by atoms with van der Waals surface area (Å²) in [7, 11) is 0. The highest BCUT2D eigenvalue weighted by atomic mass is 16.2. The van der Waals surface area contributed by atoms with Gasteiger partial charge in [0.2, 0.25) is 5.91 Å². The summed E-state index contributed by atoms with van der Waals surface area (Å²) >= 11 is 0. The van der Waals surface area contributed by atoms with Gasteiger partial charge < -0.3 is 10.6 Å².